The summed E-state index contributed by atoms with van der Waals surface area (Å²) in [6.07, 6.45) is 0.286. The highest BCUT2D eigenvalue weighted by atomic mass is 32.1. The SMILES string of the molecule is Cc1nnc(NC(=O)c2cc(F)ccc2C#CCCO)s1. The van der Waals surface area contributed by atoms with Gasteiger partial charge in [-0.25, -0.2) is 4.39 Å². The van der Waals surface area contributed by atoms with E-state index >= 15 is 0 Å². The Balaban J connectivity index is 2.26. The van der Waals surface area contributed by atoms with Gasteiger partial charge in [-0.2, -0.15) is 0 Å². The van der Waals surface area contributed by atoms with E-state index < -0.39 is 11.7 Å². The summed E-state index contributed by atoms with van der Waals surface area (Å²) in [5.74, 6) is 4.42. The molecule has 0 bridgehead atoms. The predicted octanol–water partition coefficient (Wildman–Crippen LogP) is 1.97. The third-order valence-electron chi connectivity index (χ3n) is 2.43. The summed E-state index contributed by atoms with van der Waals surface area (Å²) in [6.45, 7) is 1.70. The van der Waals surface area contributed by atoms with E-state index in [4.69, 9.17) is 5.11 Å². The molecule has 0 aliphatic carbocycles. The topological polar surface area (TPSA) is 75.1 Å². The van der Waals surface area contributed by atoms with Crippen molar-refractivity contribution in [1.82, 2.24) is 10.2 Å². The molecule has 21 heavy (non-hydrogen) atoms. The van der Waals surface area contributed by atoms with Crippen LogP contribution in [0.5, 0.6) is 0 Å². The highest BCUT2D eigenvalue weighted by molar-refractivity contribution is 7.15. The van der Waals surface area contributed by atoms with Gasteiger partial charge in [0, 0.05) is 12.0 Å². The molecule has 0 saturated carbocycles. The minimum Gasteiger partial charge on any atom is -0.395 e. The minimum atomic E-state index is -0.527. The van der Waals surface area contributed by atoms with Crippen molar-refractivity contribution in [3.05, 3.63) is 40.2 Å². The number of aryl methyl sites for hydroxylation is 1. The zero-order valence-corrected chi connectivity index (χ0v) is 12.0. The maximum absolute atomic E-state index is 13.3. The standard InChI is InChI=1S/C14H12FN3O2S/c1-9-17-18-14(21-9)16-13(20)12-8-11(15)6-5-10(12)4-2-3-7-19/h5-6,8,19H,3,7H2,1H3,(H,16,18,20). The van der Waals surface area contributed by atoms with Crippen LogP contribution in [0.3, 0.4) is 0 Å². The maximum atomic E-state index is 13.3. The van der Waals surface area contributed by atoms with Gasteiger partial charge in [-0.05, 0) is 25.1 Å². The van der Waals surface area contributed by atoms with E-state index in [2.05, 4.69) is 27.4 Å². The molecular weight excluding hydrogens is 293 g/mol. The van der Waals surface area contributed by atoms with E-state index in [9.17, 15) is 9.18 Å². The summed E-state index contributed by atoms with van der Waals surface area (Å²) in [7, 11) is 0. The van der Waals surface area contributed by atoms with Crippen molar-refractivity contribution in [3.63, 3.8) is 0 Å². The number of aromatic nitrogens is 2. The number of nitrogens with one attached hydrogen (secondary N) is 1. The van der Waals surface area contributed by atoms with Crippen LogP contribution >= 0.6 is 11.3 Å². The number of hydrogen-bond acceptors (Lipinski definition) is 5. The number of halogens is 1. The van der Waals surface area contributed by atoms with Crippen molar-refractivity contribution < 1.29 is 14.3 Å². The van der Waals surface area contributed by atoms with Gasteiger partial charge in [0.2, 0.25) is 5.13 Å². The average molecular weight is 305 g/mol. The number of carbonyl (C=O) groups is 1. The zero-order chi connectivity index (χ0) is 15.2. The summed E-state index contributed by atoms with van der Waals surface area (Å²) in [4.78, 5) is 12.2. The van der Waals surface area contributed by atoms with E-state index in [1.807, 2.05) is 0 Å². The Labute approximate surface area is 124 Å². The molecule has 0 radical (unpaired) electrons. The molecule has 1 aromatic carbocycles. The van der Waals surface area contributed by atoms with Crippen molar-refractivity contribution in [1.29, 1.82) is 0 Å². The first kappa shape index (κ1) is 15.1. The number of hydrogen-bond donors (Lipinski definition) is 2. The Kier molecular flexibility index (Phi) is 4.98. The van der Waals surface area contributed by atoms with Crippen LogP contribution in [0, 0.1) is 24.6 Å². The van der Waals surface area contributed by atoms with Gasteiger partial charge in [0.15, 0.2) is 0 Å². The number of aliphatic hydroxyl groups excluding tert-OH is 1. The Morgan fingerprint density at radius 3 is 2.95 bits per heavy atom. The second-order valence-electron chi connectivity index (χ2n) is 4.05. The molecule has 2 aromatic rings. The molecule has 1 heterocycles. The largest absolute Gasteiger partial charge is 0.395 e. The second-order valence-corrected chi connectivity index (χ2v) is 5.23. The first-order valence-corrected chi connectivity index (χ1v) is 6.92. The van der Waals surface area contributed by atoms with Gasteiger partial charge in [0.1, 0.15) is 10.8 Å². The molecule has 5 nitrogen and oxygen atoms in total. The molecule has 0 spiro atoms. The summed E-state index contributed by atoms with van der Waals surface area (Å²) in [5, 5.41) is 19.9. The van der Waals surface area contributed by atoms with E-state index in [0.717, 1.165) is 6.07 Å². The molecule has 2 N–H and O–H groups in total. The number of anilines is 1. The van der Waals surface area contributed by atoms with Gasteiger partial charge >= 0.3 is 0 Å². The Bertz CT molecular complexity index is 718. The van der Waals surface area contributed by atoms with E-state index in [-0.39, 0.29) is 18.6 Å². The number of amides is 1. The van der Waals surface area contributed by atoms with E-state index in [0.29, 0.717) is 15.7 Å². The fourth-order valence-electron chi connectivity index (χ4n) is 1.54. The van der Waals surface area contributed by atoms with Crippen LogP contribution in [-0.4, -0.2) is 27.8 Å². The molecule has 1 amide bonds. The quantitative estimate of drug-likeness (QED) is 0.850. The molecule has 1 aromatic heterocycles. The average Bonchev–Trinajstić information content (AvgIpc) is 2.86. The van der Waals surface area contributed by atoms with Crippen LogP contribution in [0.1, 0.15) is 27.3 Å². The molecule has 7 heteroatoms. The van der Waals surface area contributed by atoms with Gasteiger partial charge in [0.25, 0.3) is 5.91 Å². The minimum absolute atomic E-state index is 0.0697. The van der Waals surface area contributed by atoms with Crippen LogP contribution in [0.4, 0.5) is 9.52 Å². The van der Waals surface area contributed by atoms with E-state index in [1.165, 1.54) is 23.5 Å². The first-order chi connectivity index (χ1) is 10.1. The van der Waals surface area contributed by atoms with Crippen molar-refractivity contribution in [2.75, 3.05) is 11.9 Å². The third-order valence-corrected chi connectivity index (χ3v) is 3.19. The lowest BCUT2D eigenvalue weighted by Gasteiger charge is -2.04. The van der Waals surface area contributed by atoms with Crippen LogP contribution in [0.15, 0.2) is 18.2 Å². The Morgan fingerprint density at radius 2 is 2.29 bits per heavy atom. The lowest BCUT2D eigenvalue weighted by molar-refractivity contribution is 0.102. The molecule has 0 fully saturated rings. The molecule has 2 rings (SSSR count). The zero-order valence-electron chi connectivity index (χ0n) is 11.2. The van der Waals surface area contributed by atoms with Crippen LogP contribution in [0.2, 0.25) is 0 Å². The Hall–Kier alpha value is -2.30. The van der Waals surface area contributed by atoms with Gasteiger partial charge in [-0.1, -0.05) is 23.2 Å². The molecule has 0 aliphatic rings. The first-order valence-electron chi connectivity index (χ1n) is 6.11. The number of carbonyl (C=O) groups excluding carboxylic acids is 1. The smallest absolute Gasteiger partial charge is 0.258 e. The molecular formula is C14H12FN3O2S. The van der Waals surface area contributed by atoms with Gasteiger partial charge in [-0.15, -0.1) is 10.2 Å². The fraction of sp³-hybridized carbons (Fsp3) is 0.214. The second kappa shape index (κ2) is 6.92. The van der Waals surface area contributed by atoms with Crippen molar-refractivity contribution in [3.8, 4) is 11.8 Å². The maximum Gasteiger partial charge on any atom is 0.258 e. The highest BCUT2D eigenvalue weighted by Gasteiger charge is 2.13. The number of rotatable bonds is 3. The van der Waals surface area contributed by atoms with Crippen LogP contribution in [-0.2, 0) is 0 Å². The number of benzene rings is 1. The van der Waals surface area contributed by atoms with Gasteiger partial charge < -0.3 is 5.11 Å². The Morgan fingerprint density at radius 1 is 1.48 bits per heavy atom. The molecule has 0 aliphatic heterocycles. The normalized spacial score (nSPS) is 9.86. The third kappa shape index (κ3) is 4.08. The molecule has 0 saturated heterocycles. The monoisotopic (exact) mass is 305 g/mol. The highest BCUT2D eigenvalue weighted by Crippen LogP contribution is 2.17. The fourth-order valence-corrected chi connectivity index (χ4v) is 2.13. The lowest BCUT2D eigenvalue weighted by Crippen LogP contribution is -2.13. The van der Waals surface area contributed by atoms with E-state index in [1.54, 1.807) is 6.92 Å². The summed E-state index contributed by atoms with van der Waals surface area (Å²) in [5.41, 5.74) is 0.511. The summed E-state index contributed by atoms with van der Waals surface area (Å²) < 4.78 is 13.3. The molecule has 0 atom stereocenters. The predicted molar refractivity (Wildman–Crippen MR) is 77.6 cm³/mol. The lowest BCUT2D eigenvalue weighted by atomic mass is 10.1. The van der Waals surface area contributed by atoms with Crippen LogP contribution in [0.25, 0.3) is 0 Å². The molecule has 0 unspecified atom stereocenters. The summed E-state index contributed by atoms with van der Waals surface area (Å²) in [6, 6.07) is 3.78. The summed E-state index contributed by atoms with van der Waals surface area (Å²) >= 11 is 1.23. The van der Waals surface area contributed by atoms with Crippen LogP contribution < -0.4 is 5.32 Å². The number of aliphatic hydroxyl groups is 1. The van der Waals surface area contributed by atoms with Gasteiger partial charge in [-0.3, -0.25) is 10.1 Å². The van der Waals surface area contributed by atoms with Crippen molar-refractivity contribution in [2.24, 2.45) is 0 Å². The van der Waals surface area contributed by atoms with Gasteiger partial charge in [0.05, 0.1) is 12.2 Å². The number of nitrogens with zero attached hydrogens (tertiary/aromatic N) is 2. The molecule has 108 valence electrons. The van der Waals surface area contributed by atoms with Crippen molar-refractivity contribution >= 4 is 22.4 Å². The van der Waals surface area contributed by atoms with Crippen molar-refractivity contribution in [2.45, 2.75) is 13.3 Å².